The Hall–Kier alpha value is -2.61. The van der Waals surface area contributed by atoms with Gasteiger partial charge >= 0.3 is 0 Å². The fourth-order valence-corrected chi connectivity index (χ4v) is 1.42. The SMILES string of the molecule is Cc1cccc(Oc2ncc(C#N)cc2N)c1F. The molecule has 0 amide bonds. The first-order valence-corrected chi connectivity index (χ1v) is 5.20. The molecule has 90 valence electrons. The van der Waals surface area contributed by atoms with E-state index in [0.29, 0.717) is 11.1 Å². The summed E-state index contributed by atoms with van der Waals surface area (Å²) in [6.07, 6.45) is 1.32. The smallest absolute Gasteiger partial charge is 0.242 e. The van der Waals surface area contributed by atoms with Crippen molar-refractivity contribution in [2.24, 2.45) is 0 Å². The first-order chi connectivity index (χ1) is 8.61. The summed E-state index contributed by atoms with van der Waals surface area (Å²) in [5.41, 5.74) is 6.66. The van der Waals surface area contributed by atoms with E-state index < -0.39 is 5.82 Å². The molecule has 1 heterocycles. The third-order valence-electron chi connectivity index (χ3n) is 2.37. The van der Waals surface area contributed by atoms with Crippen LogP contribution in [0.3, 0.4) is 0 Å². The Morgan fingerprint density at radius 1 is 1.44 bits per heavy atom. The van der Waals surface area contributed by atoms with Crippen LogP contribution in [-0.2, 0) is 0 Å². The zero-order chi connectivity index (χ0) is 13.1. The van der Waals surface area contributed by atoms with Gasteiger partial charge in [0.15, 0.2) is 11.6 Å². The summed E-state index contributed by atoms with van der Waals surface area (Å²) in [4.78, 5) is 3.88. The molecule has 0 aliphatic rings. The second-order valence-corrected chi connectivity index (χ2v) is 3.72. The van der Waals surface area contributed by atoms with Crippen molar-refractivity contribution in [1.29, 1.82) is 5.26 Å². The highest BCUT2D eigenvalue weighted by molar-refractivity contribution is 5.53. The number of benzene rings is 1. The van der Waals surface area contributed by atoms with E-state index in [1.807, 2.05) is 6.07 Å². The van der Waals surface area contributed by atoms with Crippen molar-refractivity contribution in [2.75, 3.05) is 5.73 Å². The molecule has 1 aromatic carbocycles. The number of aryl methyl sites for hydroxylation is 1. The van der Waals surface area contributed by atoms with Crippen molar-refractivity contribution in [1.82, 2.24) is 4.98 Å². The lowest BCUT2D eigenvalue weighted by atomic mass is 10.2. The van der Waals surface area contributed by atoms with Crippen LogP contribution in [0.2, 0.25) is 0 Å². The number of halogens is 1. The van der Waals surface area contributed by atoms with Gasteiger partial charge in [0, 0.05) is 6.20 Å². The van der Waals surface area contributed by atoms with Crippen LogP contribution in [0.15, 0.2) is 30.5 Å². The van der Waals surface area contributed by atoms with Crippen LogP contribution < -0.4 is 10.5 Å². The second kappa shape index (κ2) is 4.72. The molecular formula is C13H10FN3O. The lowest BCUT2D eigenvalue weighted by Crippen LogP contribution is -1.98. The number of ether oxygens (including phenoxy) is 1. The largest absolute Gasteiger partial charge is 0.434 e. The molecule has 0 atom stereocenters. The molecule has 0 bridgehead atoms. The van der Waals surface area contributed by atoms with Gasteiger partial charge in [0.1, 0.15) is 6.07 Å². The zero-order valence-corrected chi connectivity index (χ0v) is 9.64. The maximum atomic E-state index is 13.7. The van der Waals surface area contributed by atoms with Crippen molar-refractivity contribution in [3.63, 3.8) is 0 Å². The summed E-state index contributed by atoms with van der Waals surface area (Å²) in [5.74, 6) is -0.319. The number of nitrogens with zero attached hydrogens (tertiary/aromatic N) is 2. The number of nitrogens with two attached hydrogens (primary N) is 1. The molecule has 2 rings (SSSR count). The average Bonchev–Trinajstić information content (AvgIpc) is 2.37. The van der Waals surface area contributed by atoms with Crippen molar-refractivity contribution in [2.45, 2.75) is 6.92 Å². The minimum atomic E-state index is -0.456. The van der Waals surface area contributed by atoms with Crippen molar-refractivity contribution < 1.29 is 9.13 Å². The molecule has 2 aromatic rings. The fraction of sp³-hybridized carbons (Fsp3) is 0.0769. The number of aromatic nitrogens is 1. The van der Waals surface area contributed by atoms with E-state index in [2.05, 4.69) is 4.98 Å². The van der Waals surface area contributed by atoms with Crippen molar-refractivity contribution >= 4 is 5.69 Å². The normalized spacial score (nSPS) is 9.83. The Labute approximate surface area is 103 Å². The van der Waals surface area contributed by atoms with Gasteiger partial charge < -0.3 is 10.5 Å². The number of hydrogen-bond acceptors (Lipinski definition) is 4. The molecule has 0 aliphatic heterocycles. The Kier molecular flexibility index (Phi) is 3.11. The lowest BCUT2D eigenvalue weighted by Gasteiger charge is -2.09. The summed E-state index contributed by atoms with van der Waals surface area (Å²) >= 11 is 0. The quantitative estimate of drug-likeness (QED) is 0.880. The Balaban J connectivity index is 2.35. The Morgan fingerprint density at radius 3 is 2.89 bits per heavy atom. The lowest BCUT2D eigenvalue weighted by molar-refractivity contribution is 0.427. The number of nitrogen functional groups attached to an aromatic ring is 1. The number of rotatable bonds is 2. The van der Waals surface area contributed by atoms with Gasteiger partial charge in [-0.15, -0.1) is 0 Å². The fourth-order valence-electron chi connectivity index (χ4n) is 1.42. The van der Waals surface area contributed by atoms with E-state index in [1.165, 1.54) is 18.3 Å². The van der Waals surface area contributed by atoms with Gasteiger partial charge in [-0.1, -0.05) is 12.1 Å². The average molecular weight is 243 g/mol. The maximum Gasteiger partial charge on any atom is 0.242 e. The van der Waals surface area contributed by atoms with Crippen LogP contribution in [0, 0.1) is 24.1 Å². The first-order valence-electron chi connectivity index (χ1n) is 5.20. The molecule has 1 aromatic heterocycles. The number of hydrogen-bond donors (Lipinski definition) is 1. The molecule has 2 N–H and O–H groups in total. The Bertz CT molecular complexity index is 635. The minimum absolute atomic E-state index is 0.0545. The molecule has 0 radical (unpaired) electrons. The topological polar surface area (TPSA) is 71.9 Å². The molecule has 0 spiro atoms. The maximum absolute atomic E-state index is 13.7. The highest BCUT2D eigenvalue weighted by atomic mass is 19.1. The molecule has 0 unspecified atom stereocenters. The molecular weight excluding hydrogens is 233 g/mol. The first kappa shape index (κ1) is 11.9. The van der Waals surface area contributed by atoms with E-state index in [0.717, 1.165) is 0 Å². The predicted octanol–water partition coefficient (Wildman–Crippen LogP) is 2.78. The molecule has 0 aliphatic carbocycles. The summed E-state index contributed by atoms with van der Waals surface area (Å²) < 4.78 is 19.0. The highest BCUT2D eigenvalue weighted by Gasteiger charge is 2.10. The Morgan fingerprint density at radius 2 is 2.22 bits per heavy atom. The van der Waals surface area contributed by atoms with Crippen LogP contribution in [0.25, 0.3) is 0 Å². The van der Waals surface area contributed by atoms with Crippen LogP contribution in [0.4, 0.5) is 10.1 Å². The van der Waals surface area contributed by atoms with Gasteiger partial charge in [-0.25, -0.2) is 9.37 Å². The number of nitriles is 1. The third kappa shape index (κ3) is 2.23. The monoisotopic (exact) mass is 243 g/mol. The summed E-state index contributed by atoms with van der Waals surface area (Å²) in [6, 6.07) is 8.13. The van der Waals surface area contributed by atoms with Gasteiger partial charge in [-0.05, 0) is 24.6 Å². The van der Waals surface area contributed by atoms with Crippen molar-refractivity contribution in [3.05, 3.63) is 47.4 Å². The summed E-state index contributed by atoms with van der Waals surface area (Å²) in [5, 5.41) is 8.68. The van der Waals surface area contributed by atoms with E-state index in [1.54, 1.807) is 19.1 Å². The number of anilines is 1. The molecule has 0 fully saturated rings. The molecule has 4 nitrogen and oxygen atoms in total. The third-order valence-corrected chi connectivity index (χ3v) is 2.37. The van der Waals surface area contributed by atoms with Gasteiger partial charge in [0.25, 0.3) is 0 Å². The van der Waals surface area contributed by atoms with Crippen LogP contribution in [-0.4, -0.2) is 4.98 Å². The molecule has 0 saturated carbocycles. The minimum Gasteiger partial charge on any atom is -0.434 e. The standard InChI is InChI=1S/C13H10FN3O/c1-8-3-2-4-11(12(8)14)18-13-10(16)5-9(6-15)7-17-13/h2-5,7H,16H2,1H3. The van der Waals surface area contributed by atoms with Crippen molar-refractivity contribution in [3.8, 4) is 17.7 Å². The molecule has 5 heteroatoms. The highest BCUT2D eigenvalue weighted by Crippen LogP contribution is 2.28. The van der Waals surface area contributed by atoms with Gasteiger partial charge in [-0.2, -0.15) is 5.26 Å². The van der Waals surface area contributed by atoms with Gasteiger partial charge in [0.05, 0.1) is 11.3 Å². The van der Waals surface area contributed by atoms with Gasteiger partial charge in [0.2, 0.25) is 5.88 Å². The van der Waals surface area contributed by atoms with Crippen LogP contribution in [0.1, 0.15) is 11.1 Å². The summed E-state index contributed by atoms with van der Waals surface area (Å²) in [7, 11) is 0. The van der Waals surface area contributed by atoms with Crippen LogP contribution in [0.5, 0.6) is 11.6 Å². The molecule has 18 heavy (non-hydrogen) atoms. The van der Waals surface area contributed by atoms with Gasteiger partial charge in [-0.3, -0.25) is 0 Å². The zero-order valence-electron chi connectivity index (χ0n) is 9.64. The second-order valence-electron chi connectivity index (χ2n) is 3.72. The van der Waals surface area contributed by atoms with E-state index >= 15 is 0 Å². The van der Waals surface area contributed by atoms with Crippen LogP contribution >= 0.6 is 0 Å². The van der Waals surface area contributed by atoms with E-state index in [9.17, 15) is 4.39 Å². The molecule has 0 saturated heterocycles. The summed E-state index contributed by atoms with van der Waals surface area (Å²) in [6.45, 7) is 1.64. The number of pyridine rings is 1. The predicted molar refractivity (Wildman–Crippen MR) is 64.6 cm³/mol. The van der Waals surface area contributed by atoms with E-state index in [4.69, 9.17) is 15.7 Å². The van der Waals surface area contributed by atoms with E-state index in [-0.39, 0.29) is 17.3 Å².